The summed E-state index contributed by atoms with van der Waals surface area (Å²) in [7, 11) is 0. The van der Waals surface area contributed by atoms with Crippen LogP contribution in [0.3, 0.4) is 0 Å². The smallest absolute Gasteiger partial charge is 0.0748 e. The average Bonchev–Trinajstić information content (AvgIpc) is 2.59. The first-order valence-corrected chi connectivity index (χ1v) is 6.39. The van der Waals surface area contributed by atoms with Gasteiger partial charge in [0.1, 0.15) is 0 Å². The third-order valence-electron chi connectivity index (χ3n) is 2.90. The minimum Gasteiger partial charge on any atom is -0.380 e. The van der Waals surface area contributed by atoms with Crippen molar-refractivity contribution >= 4 is 28.3 Å². The number of ether oxygens (including phenoxy) is 1. The van der Waals surface area contributed by atoms with Crippen molar-refractivity contribution in [2.45, 2.75) is 32.4 Å². The van der Waals surface area contributed by atoms with Crippen molar-refractivity contribution in [3.63, 3.8) is 0 Å². The van der Waals surface area contributed by atoms with Crippen molar-refractivity contribution < 1.29 is 4.74 Å². The molecule has 2 nitrogen and oxygen atoms in total. The molecule has 1 N–H and O–H groups in total. The molecule has 3 heteroatoms. The lowest BCUT2D eigenvalue weighted by Gasteiger charge is -2.17. The van der Waals surface area contributed by atoms with Crippen LogP contribution in [0.15, 0.2) is 18.2 Å². The van der Waals surface area contributed by atoms with Crippen LogP contribution >= 0.6 is 22.6 Å². The molecule has 1 aromatic carbocycles. The largest absolute Gasteiger partial charge is 0.380 e. The van der Waals surface area contributed by atoms with E-state index in [4.69, 9.17) is 4.74 Å². The molecule has 1 aliphatic heterocycles. The van der Waals surface area contributed by atoms with Gasteiger partial charge in [-0.05, 0) is 60.6 Å². The van der Waals surface area contributed by atoms with E-state index in [0.29, 0.717) is 12.1 Å². The number of halogens is 1. The molecule has 1 aromatic rings. The van der Waals surface area contributed by atoms with Crippen LogP contribution in [-0.2, 0) is 4.74 Å². The molecule has 0 bridgehead atoms. The van der Waals surface area contributed by atoms with Crippen LogP contribution in [0.4, 0.5) is 5.69 Å². The van der Waals surface area contributed by atoms with E-state index in [1.165, 1.54) is 14.8 Å². The second-order valence-electron chi connectivity index (χ2n) is 4.08. The molecular weight excluding hydrogens is 301 g/mol. The van der Waals surface area contributed by atoms with Crippen LogP contribution in [0.1, 0.15) is 18.9 Å². The molecular formula is C12H16INO. The second kappa shape index (κ2) is 4.70. The summed E-state index contributed by atoms with van der Waals surface area (Å²) in [6, 6.07) is 6.96. The molecule has 0 aromatic heterocycles. The maximum Gasteiger partial charge on any atom is 0.0748 e. The minimum atomic E-state index is 0.323. The average molecular weight is 317 g/mol. The molecule has 82 valence electrons. The molecule has 2 rings (SSSR count). The molecule has 15 heavy (non-hydrogen) atoms. The van der Waals surface area contributed by atoms with Crippen LogP contribution < -0.4 is 5.32 Å². The Hall–Kier alpha value is -0.290. The molecule has 2 unspecified atom stereocenters. The van der Waals surface area contributed by atoms with Gasteiger partial charge in [0, 0.05) is 15.9 Å². The first-order valence-electron chi connectivity index (χ1n) is 5.31. The Balaban J connectivity index is 2.07. The van der Waals surface area contributed by atoms with E-state index in [-0.39, 0.29) is 0 Å². The Morgan fingerprint density at radius 2 is 2.27 bits per heavy atom. The van der Waals surface area contributed by atoms with Gasteiger partial charge in [0.2, 0.25) is 0 Å². The monoisotopic (exact) mass is 317 g/mol. The fraction of sp³-hybridized carbons (Fsp3) is 0.500. The third kappa shape index (κ3) is 2.64. The lowest BCUT2D eigenvalue weighted by molar-refractivity contribution is 0.121. The minimum absolute atomic E-state index is 0.323. The first-order chi connectivity index (χ1) is 7.16. The number of rotatable bonds is 2. The number of anilines is 1. The van der Waals surface area contributed by atoms with E-state index in [9.17, 15) is 0 Å². The summed E-state index contributed by atoms with van der Waals surface area (Å²) >= 11 is 2.37. The Morgan fingerprint density at radius 3 is 2.87 bits per heavy atom. The van der Waals surface area contributed by atoms with Crippen LogP contribution in [0.2, 0.25) is 0 Å². The van der Waals surface area contributed by atoms with Gasteiger partial charge in [-0.1, -0.05) is 6.07 Å². The summed E-state index contributed by atoms with van der Waals surface area (Å²) in [5.74, 6) is 0. The Bertz CT molecular complexity index is 353. The summed E-state index contributed by atoms with van der Waals surface area (Å²) in [4.78, 5) is 0. The van der Waals surface area contributed by atoms with E-state index >= 15 is 0 Å². The fourth-order valence-corrected chi connectivity index (χ4v) is 2.33. The van der Waals surface area contributed by atoms with Crippen molar-refractivity contribution in [2.24, 2.45) is 0 Å². The topological polar surface area (TPSA) is 21.3 Å². The Labute approximate surface area is 105 Å². The molecule has 1 fully saturated rings. The van der Waals surface area contributed by atoms with Crippen molar-refractivity contribution in [1.29, 1.82) is 0 Å². The maximum atomic E-state index is 5.53. The standard InChI is InChI=1S/C12H16INO/c1-8-3-4-10(7-11(8)13)14-12-5-6-15-9(12)2/h3-4,7,9,12,14H,5-6H2,1-2H3. The SMILES string of the molecule is Cc1ccc(NC2CCOC2C)cc1I. The molecule has 1 heterocycles. The highest BCUT2D eigenvalue weighted by Gasteiger charge is 2.23. The van der Waals surface area contributed by atoms with E-state index < -0.39 is 0 Å². The lowest BCUT2D eigenvalue weighted by atomic mass is 10.1. The number of aryl methyl sites for hydroxylation is 1. The Kier molecular flexibility index (Phi) is 3.51. The van der Waals surface area contributed by atoms with Crippen LogP contribution in [0.25, 0.3) is 0 Å². The van der Waals surface area contributed by atoms with Crippen LogP contribution in [0, 0.1) is 10.5 Å². The molecule has 0 saturated carbocycles. The Morgan fingerprint density at radius 1 is 1.47 bits per heavy atom. The molecule has 0 amide bonds. The second-order valence-corrected chi connectivity index (χ2v) is 5.24. The third-order valence-corrected chi connectivity index (χ3v) is 4.06. The van der Waals surface area contributed by atoms with Gasteiger partial charge >= 0.3 is 0 Å². The summed E-state index contributed by atoms with van der Waals surface area (Å²) in [6.07, 6.45) is 1.43. The molecule has 1 aliphatic rings. The quantitative estimate of drug-likeness (QED) is 0.846. The highest BCUT2D eigenvalue weighted by molar-refractivity contribution is 14.1. The zero-order valence-corrected chi connectivity index (χ0v) is 11.2. The summed E-state index contributed by atoms with van der Waals surface area (Å²) in [5.41, 5.74) is 2.53. The van der Waals surface area contributed by atoms with E-state index in [0.717, 1.165) is 13.0 Å². The maximum absolute atomic E-state index is 5.53. The lowest BCUT2D eigenvalue weighted by Crippen LogP contribution is -2.26. The van der Waals surface area contributed by atoms with Gasteiger partial charge < -0.3 is 10.1 Å². The number of hydrogen-bond acceptors (Lipinski definition) is 2. The summed E-state index contributed by atoms with van der Waals surface area (Å²) < 4.78 is 6.84. The van der Waals surface area contributed by atoms with Crippen molar-refractivity contribution in [2.75, 3.05) is 11.9 Å². The molecule has 0 spiro atoms. The van der Waals surface area contributed by atoms with Crippen molar-refractivity contribution in [3.05, 3.63) is 27.3 Å². The number of hydrogen-bond donors (Lipinski definition) is 1. The van der Waals surface area contributed by atoms with Gasteiger partial charge in [-0.15, -0.1) is 0 Å². The highest BCUT2D eigenvalue weighted by Crippen LogP contribution is 2.21. The van der Waals surface area contributed by atoms with Gasteiger partial charge in [-0.2, -0.15) is 0 Å². The zero-order valence-electron chi connectivity index (χ0n) is 9.09. The van der Waals surface area contributed by atoms with Crippen LogP contribution in [0.5, 0.6) is 0 Å². The first kappa shape index (κ1) is 11.2. The fourth-order valence-electron chi connectivity index (χ4n) is 1.82. The van der Waals surface area contributed by atoms with E-state index in [2.05, 4.69) is 60.0 Å². The number of benzene rings is 1. The normalized spacial score (nSPS) is 25.5. The van der Waals surface area contributed by atoms with Gasteiger partial charge in [0.25, 0.3) is 0 Å². The molecule has 0 aliphatic carbocycles. The van der Waals surface area contributed by atoms with Crippen molar-refractivity contribution in [3.8, 4) is 0 Å². The molecule has 1 saturated heterocycles. The van der Waals surface area contributed by atoms with Gasteiger partial charge in [0.15, 0.2) is 0 Å². The van der Waals surface area contributed by atoms with Gasteiger partial charge in [0.05, 0.1) is 12.1 Å². The van der Waals surface area contributed by atoms with Crippen molar-refractivity contribution in [1.82, 2.24) is 0 Å². The predicted molar refractivity (Wildman–Crippen MR) is 71.3 cm³/mol. The van der Waals surface area contributed by atoms with Gasteiger partial charge in [-0.3, -0.25) is 0 Å². The number of nitrogens with one attached hydrogen (secondary N) is 1. The predicted octanol–water partition coefficient (Wildman–Crippen LogP) is 3.19. The summed E-state index contributed by atoms with van der Waals surface area (Å²) in [6.45, 7) is 5.14. The van der Waals surface area contributed by atoms with E-state index in [1.807, 2.05) is 0 Å². The summed E-state index contributed by atoms with van der Waals surface area (Å²) in [5, 5.41) is 3.53. The highest BCUT2D eigenvalue weighted by atomic mass is 127. The van der Waals surface area contributed by atoms with E-state index in [1.54, 1.807) is 0 Å². The van der Waals surface area contributed by atoms with Gasteiger partial charge in [-0.25, -0.2) is 0 Å². The van der Waals surface area contributed by atoms with Crippen LogP contribution in [-0.4, -0.2) is 18.8 Å². The zero-order chi connectivity index (χ0) is 10.8. The molecule has 2 atom stereocenters. The molecule has 0 radical (unpaired) electrons.